The average molecular weight is 495 g/mol. The van der Waals surface area contributed by atoms with Crippen LogP contribution in [0.3, 0.4) is 0 Å². The monoisotopic (exact) mass is 494 g/mol. The molecule has 3 aromatic carbocycles. The van der Waals surface area contributed by atoms with E-state index in [0.29, 0.717) is 0 Å². The summed E-state index contributed by atoms with van der Waals surface area (Å²) in [5.41, 5.74) is 4.16. The largest absolute Gasteiger partial charge is 1.00 e. The van der Waals surface area contributed by atoms with Crippen LogP contribution in [0.1, 0.15) is 49.1 Å². The van der Waals surface area contributed by atoms with Gasteiger partial charge >= 0.3 is 51.4 Å². The van der Waals surface area contributed by atoms with Crippen molar-refractivity contribution in [2.75, 3.05) is 19.6 Å². The van der Waals surface area contributed by atoms with Crippen LogP contribution >= 0.6 is 11.3 Å². The Kier molecular flexibility index (Phi) is 11.3. The Bertz CT molecular complexity index is 1230. The Morgan fingerprint density at radius 3 is 2.47 bits per heavy atom. The molecule has 172 valence electrons. The van der Waals surface area contributed by atoms with E-state index >= 15 is 0 Å². The van der Waals surface area contributed by atoms with Crippen molar-refractivity contribution in [2.45, 2.75) is 46.6 Å². The zero-order valence-electron chi connectivity index (χ0n) is 21.2. The second kappa shape index (κ2) is 13.9. The van der Waals surface area contributed by atoms with Crippen molar-refractivity contribution in [1.29, 1.82) is 0 Å². The third-order valence-electron chi connectivity index (χ3n) is 6.22. The molecule has 0 amide bonds. The normalized spacial score (nSPS) is 11.7. The number of allylic oxidation sites excluding steroid dienone is 1. The molecule has 2 nitrogen and oxygen atoms in total. The van der Waals surface area contributed by atoms with Crippen molar-refractivity contribution in [3.63, 3.8) is 0 Å². The molecule has 34 heavy (non-hydrogen) atoms. The molecular formula is C30H35KN2S. The number of rotatable bonds is 11. The molecule has 0 aliphatic rings. The third kappa shape index (κ3) is 6.82. The van der Waals surface area contributed by atoms with Gasteiger partial charge in [-0.25, -0.2) is 0 Å². The van der Waals surface area contributed by atoms with E-state index < -0.39 is 0 Å². The average Bonchev–Trinajstić information content (AvgIpc) is 3.18. The Balaban J connectivity index is 0.00000324. The van der Waals surface area contributed by atoms with Crippen molar-refractivity contribution in [3.05, 3.63) is 94.1 Å². The van der Waals surface area contributed by atoms with Gasteiger partial charge in [-0.1, -0.05) is 80.9 Å². The number of nitrogens with zero attached hydrogens (tertiary/aromatic N) is 2. The molecule has 0 N–H and O–H groups in total. The molecule has 1 aromatic heterocycles. The molecule has 0 unspecified atom stereocenters. The number of hydrogen-bond acceptors (Lipinski definition) is 2. The predicted octanol–water partition coefficient (Wildman–Crippen LogP) is 5.79. The molecule has 0 bridgehead atoms. The van der Waals surface area contributed by atoms with E-state index in [2.05, 4.69) is 104 Å². The Hall–Kier alpha value is -0.984. The first-order chi connectivity index (χ1) is 16.2. The summed E-state index contributed by atoms with van der Waals surface area (Å²) >= 11 is 1.93. The molecular weight excluding hydrogens is 460 g/mol. The zero-order chi connectivity index (χ0) is 23.0. The predicted molar refractivity (Wildman–Crippen MR) is 147 cm³/mol. The van der Waals surface area contributed by atoms with Gasteiger partial charge in [-0.3, -0.25) is 0 Å². The standard InChI is InChI=1S/C30H35N2S.K/c1-4-12-28(30-23(3)27-15-8-9-16-29(27)33-30)32(20-11-10-19-31-5-2)22-24-17-18-25-13-6-7-14-26(25)21-24;/h6-9,12-18,21H,4-5,10-11,19-20,22H2,1-3H3;/q-1;+1/b28-12+;. The number of benzene rings is 3. The maximum Gasteiger partial charge on any atom is 1.00 e. The van der Waals surface area contributed by atoms with Crippen LogP contribution in [-0.2, 0) is 6.54 Å². The number of aryl methyl sites for hydroxylation is 1. The molecule has 0 aliphatic carbocycles. The maximum absolute atomic E-state index is 4.54. The van der Waals surface area contributed by atoms with Crippen LogP contribution in [0, 0.1) is 6.92 Å². The van der Waals surface area contributed by atoms with Gasteiger partial charge in [0.15, 0.2) is 0 Å². The van der Waals surface area contributed by atoms with Crippen molar-refractivity contribution < 1.29 is 51.4 Å². The fourth-order valence-electron chi connectivity index (χ4n) is 4.50. The Labute approximate surface area is 251 Å². The van der Waals surface area contributed by atoms with Crippen LogP contribution in [0.25, 0.3) is 31.9 Å². The summed E-state index contributed by atoms with van der Waals surface area (Å²) in [6, 6.07) is 24.4. The third-order valence-corrected chi connectivity index (χ3v) is 7.52. The summed E-state index contributed by atoms with van der Waals surface area (Å²) in [4.78, 5) is 4.02. The first-order valence-electron chi connectivity index (χ1n) is 12.3. The van der Waals surface area contributed by atoms with Gasteiger partial charge in [0, 0.05) is 17.8 Å². The van der Waals surface area contributed by atoms with Gasteiger partial charge < -0.3 is 10.2 Å². The minimum absolute atomic E-state index is 0. The summed E-state index contributed by atoms with van der Waals surface area (Å²) in [6.07, 6.45) is 5.76. The second-order valence-electron chi connectivity index (χ2n) is 8.62. The summed E-state index contributed by atoms with van der Waals surface area (Å²) < 4.78 is 1.37. The Morgan fingerprint density at radius 2 is 1.71 bits per heavy atom. The van der Waals surface area contributed by atoms with E-state index in [0.717, 1.165) is 45.4 Å². The molecule has 4 rings (SSSR count). The van der Waals surface area contributed by atoms with Crippen molar-refractivity contribution in [2.24, 2.45) is 0 Å². The van der Waals surface area contributed by atoms with Crippen LogP contribution in [0.5, 0.6) is 0 Å². The van der Waals surface area contributed by atoms with Crippen LogP contribution in [0.4, 0.5) is 0 Å². The summed E-state index contributed by atoms with van der Waals surface area (Å²) in [6.45, 7) is 10.5. The van der Waals surface area contributed by atoms with Crippen molar-refractivity contribution in [3.8, 4) is 0 Å². The smallest absolute Gasteiger partial charge is 0.662 e. The number of hydrogen-bond donors (Lipinski definition) is 0. The molecule has 4 aromatic rings. The van der Waals surface area contributed by atoms with E-state index in [1.165, 1.54) is 42.6 Å². The molecule has 0 radical (unpaired) electrons. The SMILES string of the molecule is CC/C=C(\c1sc2ccccc2c1C)N(CCCC[N-]CC)Cc1ccc2ccccc2c1.[K+]. The second-order valence-corrected chi connectivity index (χ2v) is 9.68. The topological polar surface area (TPSA) is 17.3 Å². The number of unbranched alkanes of at least 4 members (excludes halogenated alkanes) is 1. The van der Waals surface area contributed by atoms with E-state index in [9.17, 15) is 0 Å². The van der Waals surface area contributed by atoms with Crippen LogP contribution in [0.2, 0.25) is 0 Å². The van der Waals surface area contributed by atoms with Crippen LogP contribution in [-0.4, -0.2) is 24.5 Å². The number of fused-ring (bicyclic) bond motifs is 2. The van der Waals surface area contributed by atoms with Gasteiger partial charge in [-0.2, -0.15) is 6.54 Å². The minimum Gasteiger partial charge on any atom is -0.662 e. The molecule has 0 aliphatic heterocycles. The zero-order valence-corrected chi connectivity index (χ0v) is 25.1. The van der Waals surface area contributed by atoms with Crippen LogP contribution in [0.15, 0.2) is 72.8 Å². The van der Waals surface area contributed by atoms with Gasteiger partial charge in [0.25, 0.3) is 0 Å². The van der Waals surface area contributed by atoms with Crippen molar-refractivity contribution in [1.82, 2.24) is 4.90 Å². The fraction of sp³-hybridized carbons (Fsp3) is 0.333. The van der Waals surface area contributed by atoms with Gasteiger partial charge in [0.2, 0.25) is 0 Å². The van der Waals surface area contributed by atoms with Crippen LogP contribution < -0.4 is 51.4 Å². The van der Waals surface area contributed by atoms with Gasteiger partial charge in [-0.15, -0.1) is 17.9 Å². The summed E-state index contributed by atoms with van der Waals surface area (Å²) in [7, 11) is 0. The number of thiophene rings is 1. The Morgan fingerprint density at radius 1 is 0.941 bits per heavy atom. The van der Waals surface area contributed by atoms with E-state index in [-0.39, 0.29) is 51.4 Å². The fourth-order valence-corrected chi connectivity index (χ4v) is 5.78. The summed E-state index contributed by atoms with van der Waals surface area (Å²) in [5.74, 6) is 0. The van der Waals surface area contributed by atoms with Gasteiger partial charge in [0.1, 0.15) is 0 Å². The molecule has 0 saturated carbocycles. The minimum atomic E-state index is 0. The molecule has 0 spiro atoms. The first-order valence-corrected chi connectivity index (χ1v) is 13.1. The van der Waals surface area contributed by atoms with Crippen molar-refractivity contribution >= 4 is 37.9 Å². The van der Waals surface area contributed by atoms with Gasteiger partial charge in [-0.05, 0) is 59.2 Å². The van der Waals surface area contributed by atoms with E-state index in [1.807, 2.05) is 11.3 Å². The molecule has 1 heterocycles. The molecule has 0 fully saturated rings. The molecule has 4 heteroatoms. The van der Waals surface area contributed by atoms with E-state index in [4.69, 9.17) is 0 Å². The first kappa shape index (κ1) is 27.6. The molecule has 0 saturated heterocycles. The summed E-state index contributed by atoms with van der Waals surface area (Å²) in [5, 5.41) is 8.54. The maximum atomic E-state index is 4.54. The van der Waals surface area contributed by atoms with Gasteiger partial charge in [0.05, 0.1) is 10.6 Å². The van der Waals surface area contributed by atoms with E-state index in [1.54, 1.807) is 0 Å². The molecule has 0 atom stereocenters. The quantitative estimate of drug-likeness (QED) is 0.190.